The third-order valence-electron chi connectivity index (χ3n) is 15.4. The van der Waals surface area contributed by atoms with Crippen LogP contribution in [0.4, 0.5) is 4.79 Å². The highest BCUT2D eigenvalue weighted by atomic mass is 16.4. The lowest BCUT2D eigenvalue weighted by Gasteiger charge is -2.65. The summed E-state index contributed by atoms with van der Waals surface area (Å²) in [5.41, 5.74) is 5.11. The molecule has 3 N–H and O–H groups in total. The van der Waals surface area contributed by atoms with Gasteiger partial charge in [-0.1, -0.05) is 78.3 Å². The van der Waals surface area contributed by atoms with Gasteiger partial charge in [0, 0.05) is 32.7 Å². The number of carbonyl (C=O) groups excluding carboxylic acids is 1. The third-order valence-corrected chi connectivity index (χ3v) is 15.4. The van der Waals surface area contributed by atoms with Crippen molar-refractivity contribution in [1.82, 2.24) is 15.5 Å². The number of allylic oxidation sites excluding steroid dienone is 3. The molecule has 1 aromatic carbocycles. The first-order valence-corrected chi connectivity index (χ1v) is 19.1. The van der Waals surface area contributed by atoms with Crippen molar-refractivity contribution < 1.29 is 14.7 Å². The maximum absolute atomic E-state index is 12.1. The van der Waals surface area contributed by atoms with Crippen LogP contribution in [0.1, 0.15) is 116 Å². The van der Waals surface area contributed by atoms with E-state index in [1.807, 2.05) is 17.0 Å². The van der Waals surface area contributed by atoms with E-state index < -0.39 is 5.97 Å². The largest absolute Gasteiger partial charge is 0.478 e. The fraction of sp³-hybridized carbons (Fsp3) is 0.714. The number of amides is 2. The first-order chi connectivity index (χ1) is 22.7. The smallest absolute Gasteiger partial charge is 0.335 e. The molecule has 9 unspecified atom stereocenters. The summed E-state index contributed by atoms with van der Waals surface area (Å²) < 4.78 is 0. The first-order valence-electron chi connectivity index (χ1n) is 19.1. The summed E-state index contributed by atoms with van der Waals surface area (Å²) in [5, 5.41) is 16.3. The number of carboxylic acids is 1. The van der Waals surface area contributed by atoms with E-state index in [2.05, 4.69) is 71.8 Å². The number of aromatic carboxylic acids is 1. The number of rotatable bonds is 10. The first kappa shape index (κ1) is 35.2. The van der Waals surface area contributed by atoms with Crippen LogP contribution in [0.2, 0.25) is 0 Å². The molecule has 1 saturated heterocycles. The second-order valence-electron chi connectivity index (χ2n) is 17.8. The Labute approximate surface area is 290 Å². The monoisotopic (exact) mass is 657 g/mol. The normalized spacial score (nSPS) is 38.9. The molecule has 4 fully saturated rings. The van der Waals surface area contributed by atoms with Crippen LogP contribution in [0.25, 0.3) is 5.57 Å². The average molecular weight is 658 g/mol. The minimum atomic E-state index is -0.869. The van der Waals surface area contributed by atoms with Crippen LogP contribution in [-0.4, -0.2) is 54.7 Å². The zero-order valence-electron chi connectivity index (χ0n) is 31.0. The number of nitrogens with one attached hydrogen (secondary N) is 2. The number of urea groups is 1. The number of fused-ring (bicyclic) bond motifs is 3. The van der Waals surface area contributed by atoms with Gasteiger partial charge in [0.15, 0.2) is 0 Å². The summed E-state index contributed by atoms with van der Waals surface area (Å²) in [6.07, 6.45) is 12.5. The molecule has 0 aromatic heterocycles. The zero-order chi connectivity index (χ0) is 34.6. The molecule has 4 aliphatic carbocycles. The molecule has 0 bridgehead atoms. The highest BCUT2D eigenvalue weighted by Crippen LogP contribution is 2.71. The standard InChI is InChI=1S/C42H63N3O3/c1-9-35-39(5,6)33(29-10-12-30(13-11-29)37(46)47)17-18-41(35,8)32-14-15-34-36-31(27(2)3)16-19-42(36,21-20-40(34,7)28(32)4)26-43-22-24-45-25-23-44-38(45)48/h10-13,17,28,31-32,34-36,43H,2,9,14-16,18-26H2,1,3-8H3,(H,44,48)(H,46,47). The Morgan fingerprint density at radius 2 is 1.75 bits per heavy atom. The summed E-state index contributed by atoms with van der Waals surface area (Å²) in [5.74, 6) is 2.97. The maximum atomic E-state index is 12.1. The van der Waals surface area contributed by atoms with Crippen molar-refractivity contribution in [3.05, 3.63) is 53.6 Å². The molecule has 6 rings (SSSR count). The van der Waals surface area contributed by atoms with Gasteiger partial charge in [-0.3, -0.25) is 0 Å². The summed E-state index contributed by atoms with van der Waals surface area (Å²) in [6.45, 7) is 26.4. The Kier molecular flexibility index (Phi) is 9.50. The van der Waals surface area contributed by atoms with E-state index in [-0.39, 0.29) is 16.9 Å². The Hall–Kier alpha value is -2.60. The summed E-state index contributed by atoms with van der Waals surface area (Å²) in [6, 6.07) is 7.65. The van der Waals surface area contributed by atoms with Crippen LogP contribution in [0.15, 0.2) is 42.5 Å². The lowest BCUT2D eigenvalue weighted by atomic mass is 9.40. The summed E-state index contributed by atoms with van der Waals surface area (Å²) in [7, 11) is 0. The summed E-state index contributed by atoms with van der Waals surface area (Å²) in [4.78, 5) is 25.6. The molecule has 1 heterocycles. The molecule has 0 radical (unpaired) electrons. The zero-order valence-corrected chi connectivity index (χ0v) is 31.0. The van der Waals surface area contributed by atoms with Gasteiger partial charge in [-0.2, -0.15) is 0 Å². The molecule has 264 valence electrons. The van der Waals surface area contributed by atoms with Gasteiger partial charge in [-0.25, -0.2) is 9.59 Å². The van der Waals surface area contributed by atoms with Crippen molar-refractivity contribution in [3.63, 3.8) is 0 Å². The van der Waals surface area contributed by atoms with E-state index in [0.717, 1.165) is 45.6 Å². The Morgan fingerprint density at radius 1 is 1.04 bits per heavy atom. The highest BCUT2D eigenvalue weighted by molar-refractivity contribution is 5.88. The average Bonchev–Trinajstić information content (AvgIpc) is 3.63. The van der Waals surface area contributed by atoms with E-state index >= 15 is 0 Å². The molecule has 1 aromatic rings. The van der Waals surface area contributed by atoms with E-state index in [9.17, 15) is 14.7 Å². The van der Waals surface area contributed by atoms with Crippen molar-refractivity contribution in [2.45, 2.75) is 99.8 Å². The molecular weight excluding hydrogens is 594 g/mol. The SMILES string of the molecule is C=C(C)C1CCC2(CNCCN3CCNC3=O)CCC3(C)C(C)C(C4(C)CC=C(c5ccc(C(=O)O)cc5)C(C)(C)C4CC)CCC3C12. The van der Waals surface area contributed by atoms with Gasteiger partial charge in [-0.05, 0) is 132 Å². The van der Waals surface area contributed by atoms with Gasteiger partial charge >= 0.3 is 12.0 Å². The van der Waals surface area contributed by atoms with E-state index in [1.54, 1.807) is 12.1 Å². The number of nitrogens with zero attached hydrogens (tertiary/aromatic N) is 1. The number of carboxylic acid groups (broad SMARTS) is 1. The number of hydrogen-bond donors (Lipinski definition) is 3. The molecule has 6 nitrogen and oxygen atoms in total. The topological polar surface area (TPSA) is 81.7 Å². The molecule has 3 saturated carbocycles. The third kappa shape index (κ3) is 5.66. The Morgan fingerprint density at radius 3 is 2.38 bits per heavy atom. The minimum absolute atomic E-state index is 0.0103. The van der Waals surface area contributed by atoms with Gasteiger partial charge in [0.05, 0.1) is 5.56 Å². The van der Waals surface area contributed by atoms with E-state index in [1.165, 1.54) is 55.2 Å². The van der Waals surface area contributed by atoms with Crippen LogP contribution >= 0.6 is 0 Å². The maximum Gasteiger partial charge on any atom is 0.335 e. The number of benzene rings is 1. The highest BCUT2D eigenvalue weighted by Gasteiger charge is 2.64. The van der Waals surface area contributed by atoms with Crippen molar-refractivity contribution in [3.8, 4) is 0 Å². The van der Waals surface area contributed by atoms with Crippen molar-refractivity contribution >= 4 is 17.6 Å². The predicted molar refractivity (Wildman–Crippen MR) is 196 cm³/mol. The molecule has 0 spiro atoms. The molecule has 1 aliphatic heterocycles. The number of carbonyl (C=O) groups is 2. The van der Waals surface area contributed by atoms with Crippen LogP contribution in [0.3, 0.4) is 0 Å². The van der Waals surface area contributed by atoms with Gasteiger partial charge in [0.1, 0.15) is 0 Å². The number of hydrogen-bond acceptors (Lipinski definition) is 3. The summed E-state index contributed by atoms with van der Waals surface area (Å²) >= 11 is 0. The van der Waals surface area contributed by atoms with Gasteiger partial charge < -0.3 is 20.6 Å². The van der Waals surface area contributed by atoms with E-state index in [4.69, 9.17) is 0 Å². The van der Waals surface area contributed by atoms with Crippen LogP contribution in [0.5, 0.6) is 0 Å². The minimum Gasteiger partial charge on any atom is -0.478 e. The van der Waals surface area contributed by atoms with Crippen molar-refractivity contribution in [2.75, 3.05) is 32.7 Å². The predicted octanol–water partition coefficient (Wildman–Crippen LogP) is 8.90. The lowest BCUT2D eigenvalue weighted by molar-refractivity contribution is -0.146. The second-order valence-corrected chi connectivity index (χ2v) is 17.8. The lowest BCUT2D eigenvalue weighted by Crippen LogP contribution is -2.59. The van der Waals surface area contributed by atoms with Crippen LogP contribution in [0, 0.1) is 57.2 Å². The quantitative estimate of drug-likeness (QED) is 0.173. The molecule has 5 aliphatic rings. The Bertz CT molecular complexity index is 1430. The van der Waals surface area contributed by atoms with Crippen molar-refractivity contribution in [2.24, 2.45) is 57.2 Å². The molecular formula is C42H63N3O3. The molecule has 6 heteroatoms. The van der Waals surface area contributed by atoms with Gasteiger partial charge in [-0.15, -0.1) is 0 Å². The van der Waals surface area contributed by atoms with Gasteiger partial charge in [0.25, 0.3) is 0 Å². The van der Waals surface area contributed by atoms with E-state index in [0.29, 0.717) is 51.9 Å². The Balaban J connectivity index is 1.24. The fourth-order valence-electron chi connectivity index (χ4n) is 12.9. The molecule has 2 amide bonds. The second kappa shape index (κ2) is 12.9. The van der Waals surface area contributed by atoms with Crippen molar-refractivity contribution in [1.29, 1.82) is 0 Å². The van der Waals surface area contributed by atoms with Crippen LogP contribution < -0.4 is 10.6 Å². The van der Waals surface area contributed by atoms with Gasteiger partial charge in [0.2, 0.25) is 0 Å². The molecule has 9 atom stereocenters. The van der Waals surface area contributed by atoms with Crippen LogP contribution in [-0.2, 0) is 0 Å². The molecule has 48 heavy (non-hydrogen) atoms. The fourth-order valence-corrected chi connectivity index (χ4v) is 12.9.